The van der Waals surface area contributed by atoms with Crippen molar-refractivity contribution < 1.29 is 13.9 Å². The number of ether oxygens (including phenoxy) is 1. The summed E-state index contributed by atoms with van der Waals surface area (Å²) in [6, 6.07) is 7.27. The van der Waals surface area contributed by atoms with Gasteiger partial charge in [0.05, 0.1) is 0 Å². The maximum absolute atomic E-state index is 13.7. The number of amides is 1. The van der Waals surface area contributed by atoms with Gasteiger partial charge in [-0.15, -0.1) is 0 Å². The first-order chi connectivity index (χ1) is 9.08. The molecule has 0 aliphatic carbocycles. The van der Waals surface area contributed by atoms with Crippen LogP contribution >= 0.6 is 0 Å². The van der Waals surface area contributed by atoms with Gasteiger partial charge < -0.3 is 16.2 Å². The Morgan fingerprint density at radius 2 is 2.16 bits per heavy atom. The molecule has 4 N–H and O–H groups in total. The van der Waals surface area contributed by atoms with E-state index in [1.807, 2.05) is 0 Å². The molecule has 0 unspecified atom stereocenters. The molecular formula is C13H12FN3O2. The lowest BCUT2D eigenvalue weighted by molar-refractivity contribution is 0.0999. The number of rotatable bonds is 4. The molecule has 0 fully saturated rings. The summed E-state index contributed by atoms with van der Waals surface area (Å²) in [4.78, 5) is 14.7. The van der Waals surface area contributed by atoms with Crippen LogP contribution in [-0.2, 0) is 6.61 Å². The number of nitrogens with zero attached hydrogens (tertiary/aromatic N) is 1. The van der Waals surface area contributed by atoms with Crippen molar-refractivity contribution in [3.05, 3.63) is 53.5 Å². The Morgan fingerprint density at radius 3 is 2.79 bits per heavy atom. The lowest BCUT2D eigenvalue weighted by Crippen LogP contribution is -2.12. The maximum atomic E-state index is 13.7. The second kappa shape index (κ2) is 5.34. The molecule has 0 bridgehead atoms. The lowest BCUT2D eigenvalue weighted by atomic mass is 10.1. The van der Waals surface area contributed by atoms with Crippen molar-refractivity contribution in [1.82, 2.24) is 4.98 Å². The number of hydrogen-bond donors (Lipinski definition) is 2. The SMILES string of the molecule is NC(=O)c1ccc(COc2cccnc2N)c(F)c1. The van der Waals surface area contributed by atoms with Gasteiger partial charge in [-0.3, -0.25) is 4.79 Å². The van der Waals surface area contributed by atoms with Crippen molar-refractivity contribution in [3.8, 4) is 5.75 Å². The minimum Gasteiger partial charge on any atom is -0.485 e. The third kappa shape index (κ3) is 2.98. The van der Waals surface area contributed by atoms with Crippen molar-refractivity contribution in [2.75, 3.05) is 5.73 Å². The number of nitrogen functional groups attached to an aromatic ring is 1. The number of halogens is 1. The molecule has 1 aromatic carbocycles. The average Bonchev–Trinajstić information content (AvgIpc) is 2.39. The van der Waals surface area contributed by atoms with Gasteiger partial charge in [0.1, 0.15) is 12.4 Å². The largest absolute Gasteiger partial charge is 0.485 e. The van der Waals surface area contributed by atoms with E-state index in [9.17, 15) is 9.18 Å². The number of anilines is 1. The molecule has 0 saturated carbocycles. The van der Waals surface area contributed by atoms with Crippen molar-refractivity contribution >= 4 is 11.7 Å². The van der Waals surface area contributed by atoms with Gasteiger partial charge in [-0.2, -0.15) is 0 Å². The fourth-order valence-corrected chi connectivity index (χ4v) is 1.50. The zero-order chi connectivity index (χ0) is 13.8. The summed E-state index contributed by atoms with van der Waals surface area (Å²) < 4.78 is 19.0. The molecular weight excluding hydrogens is 249 g/mol. The average molecular weight is 261 g/mol. The predicted octanol–water partition coefficient (Wildman–Crippen LogP) is 1.48. The van der Waals surface area contributed by atoms with Crippen LogP contribution in [0.15, 0.2) is 36.5 Å². The number of primary amides is 1. The summed E-state index contributed by atoms with van der Waals surface area (Å²) in [5, 5.41) is 0. The van der Waals surface area contributed by atoms with E-state index in [-0.39, 0.29) is 18.0 Å². The fourth-order valence-electron chi connectivity index (χ4n) is 1.50. The van der Waals surface area contributed by atoms with Crippen LogP contribution in [0.2, 0.25) is 0 Å². The molecule has 1 aromatic heterocycles. The smallest absolute Gasteiger partial charge is 0.248 e. The number of carbonyl (C=O) groups excluding carboxylic acids is 1. The normalized spacial score (nSPS) is 10.2. The van der Waals surface area contributed by atoms with Crippen LogP contribution in [0.4, 0.5) is 10.2 Å². The molecule has 0 aliphatic rings. The summed E-state index contributed by atoms with van der Waals surface area (Å²) in [7, 11) is 0. The van der Waals surface area contributed by atoms with Crippen molar-refractivity contribution in [2.45, 2.75) is 6.61 Å². The topological polar surface area (TPSA) is 91.2 Å². The number of nitrogens with two attached hydrogens (primary N) is 2. The number of pyridine rings is 1. The zero-order valence-corrected chi connectivity index (χ0v) is 9.97. The van der Waals surface area contributed by atoms with Gasteiger partial charge >= 0.3 is 0 Å². The molecule has 1 amide bonds. The minimum atomic E-state index is -0.678. The molecule has 2 rings (SSSR count). The van der Waals surface area contributed by atoms with E-state index in [1.54, 1.807) is 12.1 Å². The first kappa shape index (κ1) is 12.8. The van der Waals surface area contributed by atoms with Gasteiger partial charge in [-0.25, -0.2) is 9.37 Å². The van der Waals surface area contributed by atoms with Gasteiger partial charge in [0.25, 0.3) is 0 Å². The van der Waals surface area contributed by atoms with Crippen LogP contribution in [0, 0.1) is 5.82 Å². The van der Waals surface area contributed by atoms with E-state index in [2.05, 4.69) is 4.98 Å². The van der Waals surface area contributed by atoms with E-state index in [0.717, 1.165) is 6.07 Å². The molecule has 0 spiro atoms. The first-order valence-corrected chi connectivity index (χ1v) is 5.49. The van der Waals surface area contributed by atoms with Crippen LogP contribution in [-0.4, -0.2) is 10.9 Å². The van der Waals surface area contributed by atoms with E-state index < -0.39 is 11.7 Å². The Labute approximate surface area is 109 Å². The lowest BCUT2D eigenvalue weighted by Gasteiger charge is -2.09. The zero-order valence-electron chi connectivity index (χ0n) is 9.97. The third-order valence-corrected chi connectivity index (χ3v) is 2.52. The third-order valence-electron chi connectivity index (χ3n) is 2.52. The second-order valence-electron chi connectivity index (χ2n) is 3.85. The summed E-state index contributed by atoms with van der Waals surface area (Å²) in [5.74, 6) is -0.626. The van der Waals surface area contributed by atoms with Crippen LogP contribution in [0.3, 0.4) is 0 Å². The van der Waals surface area contributed by atoms with Gasteiger partial charge in [-0.1, -0.05) is 6.07 Å². The molecule has 19 heavy (non-hydrogen) atoms. The quantitative estimate of drug-likeness (QED) is 0.872. The van der Waals surface area contributed by atoms with Crippen molar-refractivity contribution in [3.63, 3.8) is 0 Å². The highest BCUT2D eigenvalue weighted by Gasteiger charge is 2.08. The molecule has 98 valence electrons. The molecule has 0 saturated heterocycles. The summed E-state index contributed by atoms with van der Waals surface area (Å²) in [6.45, 7) is -0.0131. The van der Waals surface area contributed by atoms with E-state index in [1.165, 1.54) is 18.3 Å². The Hall–Kier alpha value is -2.63. The van der Waals surface area contributed by atoms with Gasteiger partial charge in [0.15, 0.2) is 11.6 Å². The first-order valence-electron chi connectivity index (χ1n) is 5.49. The summed E-state index contributed by atoms with van der Waals surface area (Å²) >= 11 is 0. The highest BCUT2D eigenvalue weighted by Crippen LogP contribution is 2.19. The van der Waals surface area contributed by atoms with Crippen LogP contribution in [0.1, 0.15) is 15.9 Å². The number of aromatic nitrogens is 1. The standard InChI is InChI=1S/C13H12FN3O2/c14-10-6-8(13(16)18)3-4-9(10)7-19-11-2-1-5-17-12(11)15/h1-6H,7H2,(H2,15,17)(H2,16,18). The van der Waals surface area contributed by atoms with Crippen LogP contribution in [0.5, 0.6) is 5.75 Å². The van der Waals surface area contributed by atoms with E-state index in [0.29, 0.717) is 11.3 Å². The van der Waals surface area contributed by atoms with Crippen LogP contribution in [0.25, 0.3) is 0 Å². The number of hydrogen-bond acceptors (Lipinski definition) is 4. The van der Waals surface area contributed by atoms with Crippen molar-refractivity contribution in [2.24, 2.45) is 5.73 Å². The molecule has 5 nitrogen and oxygen atoms in total. The number of benzene rings is 1. The predicted molar refractivity (Wildman–Crippen MR) is 67.9 cm³/mol. The van der Waals surface area contributed by atoms with Gasteiger partial charge in [0.2, 0.25) is 5.91 Å². The fraction of sp³-hybridized carbons (Fsp3) is 0.0769. The van der Waals surface area contributed by atoms with E-state index >= 15 is 0 Å². The van der Waals surface area contributed by atoms with Crippen LogP contribution < -0.4 is 16.2 Å². The molecule has 2 aromatic rings. The molecule has 0 atom stereocenters. The van der Waals surface area contributed by atoms with Gasteiger partial charge in [-0.05, 0) is 24.3 Å². The van der Waals surface area contributed by atoms with Gasteiger partial charge in [0, 0.05) is 17.3 Å². The number of carbonyl (C=O) groups is 1. The minimum absolute atomic E-state index is 0.0131. The highest BCUT2D eigenvalue weighted by atomic mass is 19.1. The highest BCUT2D eigenvalue weighted by molar-refractivity contribution is 5.92. The Bertz CT molecular complexity index is 617. The van der Waals surface area contributed by atoms with Crippen molar-refractivity contribution in [1.29, 1.82) is 0 Å². The molecule has 0 aliphatic heterocycles. The summed E-state index contributed by atoms with van der Waals surface area (Å²) in [5.41, 5.74) is 11.1. The summed E-state index contributed by atoms with van der Waals surface area (Å²) in [6.07, 6.45) is 1.53. The molecule has 1 heterocycles. The Morgan fingerprint density at radius 1 is 1.37 bits per heavy atom. The molecule has 6 heteroatoms. The molecule has 0 radical (unpaired) electrons. The monoisotopic (exact) mass is 261 g/mol. The Kier molecular flexibility index (Phi) is 3.61. The maximum Gasteiger partial charge on any atom is 0.248 e. The second-order valence-corrected chi connectivity index (χ2v) is 3.85. The Balaban J connectivity index is 2.12. The van der Waals surface area contributed by atoms with E-state index in [4.69, 9.17) is 16.2 Å².